The summed E-state index contributed by atoms with van der Waals surface area (Å²) in [7, 11) is 0. The Morgan fingerprint density at radius 1 is 1.38 bits per heavy atom. The largest absolute Gasteiger partial charge is 0.445 e. The predicted octanol–water partition coefficient (Wildman–Crippen LogP) is 3.27. The van der Waals surface area contributed by atoms with E-state index in [1.54, 1.807) is 0 Å². The number of aromatic nitrogens is 2. The van der Waals surface area contributed by atoms with Crippen LogP contribution in [0.1, 0.15) is 43.6 Å². The average molecular weight is 420 g/mol. The van der Waals surface area contributed by atoms with Gasteiger partial charge in [-0.25, -0.2) is 4.79 Å². The van der Waals surface area contributed by atoms with Crippen molar-refractivity contribution in [1.82, 2.24) is 15.0 Å². The molecule has 29 heavy (non-hydrogen) atoms. The Hall–Kier alpha value is -2.95. The minimum Gasteiger partial charge on any atom is -0.445 e. The van der Waals surface area contributed by atoms with Gasteiger partial charge in [-0.3, -0.25) is 19.8 Å². The number of benzene rings is 1. The minimum atomic E-state index is -0.573. The molecule has 1 amide bonds. The number of ether oxygens (including phenoxy) is 1. The number of rotatable bonds is 6. The van der Waals surface area contributed by atoms with Crippen LogP contribution in [-0.4, -0.2) is 43.0 Å². The van der Waals surface area contributed by atoms with E-state index in [-0.39, 0.29) is 22.7 Å². The summed E-state index contributed by atoms with van der Waals surface area (Å²) in [6.45, 7) is 3.66. The molecule has 1 fully saturated rings. The molecule has 1 aliphatic rings. The molecule has 0 N–H and O–H groups in total. The van der Waals surface area contributed by atoms with Gasteiger partial charge >= 0.3 is 6.09 Å². The molecule has 154 valence electrons. The van der Waals surface area contributed by atoms with Gasteiger partial charge in [0.15, 0.2) is 10.9 Å². The molecule has 0 bridgehead atoms. The number of hydrogen-bond donors (Lipinski definition) is 0. The number of thioether (sulfide) groups is 1. The number of carbonyl (C=O) groups excluding carboxylic acids is 2. The van der Waals surface area contributed by atoms with E-state index in [0.717, 1.165) is 0 Å². The molecule has 1 aromatic heterocycles. The maximum Gasteiger partial charge on any atom is 0.410 e. The fourth-order valence-corrected chi connectivity index (χ4v) is 4.02. The number of nitrogens with zero attached hydrogens (tertiary/aromatic N) is 4. The highest BCUT2D eigenvalue weighted by atomic mass is 32.2. The fourth-order valence-electron chi connectivity index (χ4n) is 3.04. The van der Waals surface area contributed by atoms with E-state index in [2.05, 4.69) is 10.1 Å². The van der Waals surface area contributed by atoms with E-state index in [1.165, 1.54) is 47.9 Å². The first-order valence-corrected chi connectivity index (χ1v) is 9.91. The number of nitro benzene ring substituents is 1. The minimum absolute atomic E-state index is 0.0328. The standard InChI is InChI=1S/C18H20N4O6S/c1-3-16-19-17(28-20-16)15-8-14(29-11(2)23)9-21(15)18(24)27-10-12-4-6-13(7-5-12)22(25)26/h4-7,14-15H,3,8-10H2,1-2H3/t14-,15-/m0/s1. The van der Waals surface area contributed by atoms with Crippen molar-refractivity contribution in [3.05, 3.63) is 51.7 Å². The second-order valence-electron chi connectivity index (χ2n) is 6.52. The molecular formula is C18H20N4O6S. The normalized spacial score (nSPS) is 18.6. The Balaban J connectivity index is 1.69. The first-order valence-electron chi connectivity index (χ1n) is 9.03. The van der Waals surface area contributed by atoms with Crippen molar-refractivity contribution >= 4 is 28.7 Å². The Labute approximate surface area is 170 Å². The van der Waals surface area contributed by atoms with E-state index < -0.39 is 17.1 Å². The van der Waals surface area contributed by atoms with Crippen molar-refractivity contribution in [3.8, 4) is 0 Å². The second-order valence-corrected chi connectivity index (χ2v) is 7.99. The number of hydrogen-bond acceptors (Lipinski definition) is 9. The van der Waals surface area contributed by atoms with E-state index in [4.69, 9.17) is 9.26 Å². The number of carbonyl (C=O) groups is 2. The van der Waals surface area contributed by atoms with Gasteiger partial charge < -0.3 is 9.26 Å². The molecule has 0 unspecified atom stereocenters. The molecule has 0 saturated carbocycles. The molecule has 10 nitrogen and oxygen atoms in total. The zero-order chi connectivity index (χ0) is 21.0. The van der Waals surface area contributed by atoms with E-state index in [9.17, 15) is 19.7 Å². The third-order valence-corrected chi connectivity index (χ3v) is 5.43. The molecule has 0 radical (unpaired) electrons. The van der Waals surface area contributed by atoms with Gasteiger partial charge in [-0.05, 0) is 24.1 Å². The zero-order valence-corrected chi connectivity index (χ0v) is 16.8. The van der Waals surface area contributed by atoms with Crippen molar-refractivity contribution < 1.29 is 23.8 Å². The van der Waals surface area contributed by atoms with Crippen LogP contribution in [-0.2, 0) is 22.6 Å². The summed E-state index contributed by atoms with van der Waals surface area (Å²) in [5.41, 5.74) is 0.590. The molecule has 2 atom stereocenters. The summed E-state index contributed by atoms with van der Waals surface area (Å²) in [4.78, 5) is 40.2. The predicted molar refractivity (Wildman–Crippen MR) is 103 cm³/mol. The molecule has 0 aliphatic carbocycles. The smallest absolute Gasteiger partial charge is 0.410 e. The van der Waals surface area contributed by atoms with Crippen LogP contribution in [0.15, 0.2) is 28.8 Å². The number of likely N-dealkylation sites (tertiary alicyclic amines) is 1. The summed E-state index contributed by atoms with van der Waals surface area (Å²) < 4.78 is 10.7. The first-order chi connectivity index (χ1) is 13.9. The summed E-state index contributed by atoms with van der Waals surface area (Å²) >= 11 is 1.17. The lowest BCUT2D eigenvalue weighted by atomic mass is 10.2. The Morgan fingerprint density at radius 2 is 2.10 bits per heavy atom. The van der Waals surface area contributed by atoms with Gasteiger partial charge in [0.1, 0.15) is 12.6 Å². The topological polar surface area (TPSA) is 129 Å². The van der Waals surface area contributed by atoms with E-state index in [1.807, 2.05) is 6.92 Å². The van der Waals surface area contributed by atoms with Crippen LogP contribution in [0.2, 0.25) is 0 Å². The second kappa shape index (κ2) is 9.03. The van der Waals surface area contributed by atoms with Crippen molar-refractivity contribution in [2.45, 2.75) is 44.6 Å². The summed E-state index contributed by atoms with van der Waals surface area (Å²) in [6, 6.07) is 5.31. The van der Waals surface area contributed by atoms with Gasteiger partial charge in [-0.1, -0.05) is 23.8 Å². The van der Waals surface area contributed by atoms with E-state index >= 15 is 0 Å². The first kappa shape index (κ1) is 20.8. The number of nitro groups is 1. The third-order valence-electron chi connectivity index (χ3n) is 4.42. The van der Waals surface area contributed by atoms with Gasteiger partial charge in [0, 0.05) is 37.3 Å². The quantitative estimate of drug-likeness (QED) is 0.510. The van der Waals surface area contributed by atoms with Crippen LogP contribution in [0.5, 0.6) is 0 Å². The van der Waals surface area contributed by atoms with E-state index in [0.29, 0.717) is 36.7 Å². The van der Waals surface area contributed by atoms with Crippen LogP contribution < -0.4 is 0 Å². The number of amides is 1. The molecule has 0 spiro atoms. The monoisotopic (exact) mass is 420 g/mol. The van der Waals surface area contributed by atoms with Gasteiger partial charge in [-0.2, -0.15) is 4.98 Å². The Bertz CT molecular complexity index is 900. The van der Waals surface area contributed by atoms with Crippen molar-refractivity contribution in [2.24, 2.45) is 0 Å². The molecule has 3 rings (SSSR count). The average Bonchev–Trinajstić information content (AvgIpc) is 3.32. The molecule has 2 aromatic rings. The van der Waals surface area contributed by atoms with Crippen LogP contribution in [0.3, 0.4) is 0 Å². The van der Waals surface area contributed by atoms with Gasteiger partial charge in [-0.15, -0.1) is 0 Å². The highest BCUT2D eigenvalue weighted by Crippen LogP contribution is 2.37. The van der Waals surface area contributed by atoms with Gasteiger partial charge in [0.05, 0.1) is 4.92 Å². The summed E-state index contributed by atoms with van der Waals surface area (Å²) in [6.07, 6.45) is 0.533. The SMILES string of the molecule is CCc1noc([C@@H]2C[C@H](SC(C)=O)CN2C(=O)OCc2ccc([N+](=O)[O-])cc2)n1. The maximum atomic E-state index is 12.7. The Kier molecular flexibility index (Phi) is 6.47. The van der Waals surface area contributed by atoms with Crippen LogP contribution in [0, 0.1) is 10.1 Å². The number of non-ortho nitro benzene ring substituents is 1. The summed E-state index contributed by atoms with van der Waals surface area (Å²) in [5.74, 6) is 0.864. The molecule has 1 aromatic carbocycles. The lowest BCUT2D eigenvalue weighted by molar-refractivity contribution is -0.384. The third kappa shape index (κ3) is 5.11. The van der Waals surface area contributed by atoms with Gasteiger partial charge in [0.25, 0.3) is 5.69 Å². The van der Waals surface area contributed by atoms with Gasteiger partial charge in [0.2, 0.25) is 5.89 Å². The zero-order valence-electron chi connectivity index (χ0n) is 15.9. The lowest BCUT2D eigenvalue weighted by Gasteiger charge is -2.21. The van der Waals surface area contributed by atoms with Crippen molar-refractivity contribution in [1.29, 1.82) is 0 Å². The highest BCUT2D eigenvalue weighted by molar-refractivity contribution is 8.14. The highest BCUT2D eigenvalue weighted by Gasteiger charge is 2.41. The Morgan fingerprint density at radius 3 is 2.69 bits per heavy atom. The van der Waals surface area contributed by atoms with Crippen LogP contribution in [0.25, 0.3) is 0 Å². The molecule has 1 aliphatic heterocycles. The lowest BCUT2D eigenvalue weighted by Crippen LogP contribution is -2.32. The molecular weight excluding hydrogens is 400 g/mol. The maximum absolute atomic E-state index is 12.7. The van der Waals surface area contributed by atoms with Crippen LogP contribution in [0.4, 0.5) is 10.5 Å². The number of aryl methyl sites for hydroxylation is 1. The fraction of sp³-hybridized carbons (Fsp3) is 0.444. The van der Waals surface area contributed by atoms with Crippen LogP contribution >= 0.6 is 11.8 Å². The van der Waals surface area contributed by atoms with Crippen molar-refractivity contribution in [2.75, 3.05) is 6.54 Å². The van der Waals surface area contributed by atoms with Crippen molar-refractivity contribution in [3.63, 3.8) is 0 Å². The molecule has 2 heterocycles. The molecule has 1 saturated heterocycles. The molecule has 11 heteroatoms. The summed E-state index contributed by atoms with van der Waals surface area (Å²) in [5, 5.41) is 14.5.